The van der Waals surface area contributed by atoms with E-state index in [-0.39, 0.29) is 23.5 Å². The van der Waals surface area contributed by atoms with E-state index in [1.165, 1.54) is 5.56 Å². The highest BCUT2D eigenvalue weighted by Crippen LogP contribution is 2.46. The lowest BCUT2D eigenvalue weighted by atomic mass is 9.61. The summed E-state index contributed by atoms with van der Waals surface area (Å²) < 4.78 is 0. The van der Waals surface area contributed by atoms with Gasteiger partial charge in [0, 0.05) is 29.8 Å². The zero-order valence-corrected chi connectivity index (χ0v) is 18.1. The highest BCUT2D eigenvalue weighted by Gasteiger charge is 2.52. The van der Waals surface area contributed by atoms with Crippen molar-refractivity contribution in [1.29, 1.82) is 5.26 Å². The number of carbonyl (C=O) groups excluding carboxylic acids is 2. The van der Waals surface area contributed by atoms with Crippen LogP contribution in [0.3, 0.4) is 0 Å². The van der Waals surface area contributed by atoms with Gasteiger partial charge in [-0.1, -0.05) is 13.0 Å². The molecule has 1 heterocycles. The summed E-state index contributed by atoms with van der Waals surface area (Å²) in [6.07, 6.45) is 1.67. The van der Waals surface area contributed by atoms with Crippen molar-refractivity contribution in [2.45, 2.75) is 37.3 Å². The van der Waals surface area contributed by atoms with Gasteiger partial charge in [-0.2, -0.15) is 5.26 Å². The number of rotatable bonds is 3. The number of nitrogens with two attached hydrogens (primary N) is 1. The molecule has 0 radical (unpaired) electrons. The van der Waals surface area contributed by atoms with E-state index in [2.05, 4.69) is 30.3 Å². The van der Waals surface area contributed by atoms with Crippen LogP contribution in [-0.2, 0) is 11.8 Å². The summed E-state index contributed by atoms with van der Waals surface area (Å²) in [7, 11) is 3.93. The Morgan fingerprint density at radius 2 is 1.97 bits per heavy atom. The molecule has 0 saturated carbocycles. The van der Waals surface area contributed by atoms with Crippen LogP contribution in [0.2, 0.25) is 0 Å². The number of nitrogens with zero attached hydrogens (tertiary/aromatic N) is 3. The number of carbonyl (C=O) groups is 2. The summed E-state index contributed by atoms with van der Waals surface area (Å²) >= 11 is 0. The van der Waals surface area contributed by atoms with Crippen LogP contribution in [0.5, 0.6) is 0 Å². The zero-order valence-electron chi connectivity index (χ0n) is 18.1. The fourth-order valence-corrected chi connectivity index (χ4v) is 5.27. The lowest BCUT2D eigenvalue weighted by Gasteiger charge is -2.57. The highest BCUT2D eigenvalue weighted by molar-refractivity contribution is 5.93. The maximum absolute atomic E-state index is 13.2. The van der Waals surface area contributed by atoms with E-state index in [1.807, 2.05) is 19.2 Å². The van der Waals surface area contributed by atoms with Gasteiger partial charge >= 0.3 is 6.03 Å². The van der Waals surface area contributed by atoms with Gasteiger partial charge < -0.3 is 20.9 Å². The molecule has 3 N–H and O–H groups in total. The predicted molar refractivity (Wildman–Crippen MR) is 119 cm³/mol. The molecule has 4 rings (SSSR count). The summed E-state index contributed by atoms with van der Waals surface area (Å²) in [6.45, 7) is 3.11. The monoisotopic (exact) mass is 417 g/mol. The van der Waals surface area contributed by atoms with Gasteiger partial charge in [-0.25, -0.2) is 4.79 Å². The topological polar surface area (TPSA) is 102 Å². The van der Waals surface area contributed by atoms with Crippen molar-refractivity contribution >= 4 is 17.6 Å². The second kappa shape index (κ2) is 7.71. The molecule has 2 aromatic carbocycles. The minimum Gasteiger partial charge on any atom is -0.366 e. The van der Waals surface area contributed by atoms with Crippen LogP contribution in [-0.4, -0.2) is 54.5 Å². The minimum absolute atomic E-state index is 0.0692. The van der Waals surface area contributed by atoms with E-state index in [0.29, 0.717) is 16.8 Å². The van der Waals surface area contributed by atoms with Crippen molar-refractivity contribution < 1.29 is 9.59 Å². The molecule has 3 atom stereocenters. The lowest BCUT2D eigenvalue weighted by Crippen LogP contribution is -2.67. The van der Waals surface area contributed by atoms with Crippen molar-refractivity contribution in [1.82, 2.24) is 9.80 Å². The molecule has 1 fully saturated rings. The zero-order chi connectivity index (χ0) is 22.3. The number of piperidine rings is 1. The number of hydrogen-bond acceptors (Lipinski definition) is 4. The molecular weight excluding hydrogens is 390 g/mol. The third-order valence-corrected chi connectivity index (χ3v) is 7.01. The van der Waals surface area contributed by atoms with Gasteiger partial charge in [0.05, 0.1) is 17.7 Å². The summed E-state index contributed by atoms with van der Waals surface area (Å²) in [5, 5.41) is 11.9. The molecule has 2 bridgehead atoms. The number of hydrogen-bond donors (Lipinski definition) is 2. The third kappa shape index (κ3) is 3.53. The van der Waals surface area contributed by atoms with Gasteiger partial charge in [0.2, 0.25) is 5.91 Å². The molecule has 160 valence electrons. The molecule has 0 unspecified atom stereocenters. The Morgan fingerprint density at radius 3 is 2.61 bits per heavy atom. The molecule has 1 saturated heterocycles. The fourth-order valence-electron chi connectivity index (χ4n) is 5.27. The smallest absolute Gasteiger partial charge is 0.321 e. The van der Waals surface area contributed by atoms with Gasteiger partial charge in [-0.15, -0.1) is 0 Å². The number of fused-ring (bicyclic) bond motifs is 4. The largest absolute Gasteiger partial charge is 0.366 e. The maximum Gasteiger partial charge on any atom is 0.321 e. The molecule has 1 aliphatic heterocycles. The molecular formula is C24H27N5O2. The van der Waals surface area contributed by atoms with Crippen molar-refractivity contribution in [2.24, 2.45) is 5.73 Å². The van der Waals surface area contributed by atoms with E-state index in [0.717, 1.165) is 24.9 Å². The van der Waals surface area contributed by atoms with E-state index in [4.69, 9.17) is 11.0 Å². The average Bonchev–Trinajstić information content (AvgIpc) is 2.76. The van der Waals surface area contributed by atoms with Gasteiger partial charge in [-0.05, 0) is 74.0 Å². The van der Waals surface area contributed by atoms with E-state index in [1.54, 1.807) is 35.2 Å². The number of likely N-dealkylation sites (N-methyl/N-ethyl adjacent to an activating group) is 2. The minimum atomic E-state index is -0.440. The van der Waals surface area contributed by atoms with Crippen molar-refractivity contribution in [2.75, 3.05) is 26.0 Å². The quantitative estimate of drug-likeness (QED) is 0.801. The molecule has 3 amide bonds. The van der Waals surface area contributed by atoms with Crippen LogP contribution in [0.4, 0.5) is 10.5 Å². The fraction of sp³-hybridized carbons (Fsp3) is 0.375. The second-order valence-corrected chi connectivity index (χ2v) is 8.83. The van der Waals surface area contributed by atoms with Gasteiger partial charge in [0.15, 0.2) is 0 Å². The first-order chi connectivity index (χ1) is 14.7. The molecule has 7 nitrogen and oxygen atoms in total. The van der Waals surface area contributed by atoms with E-state index >= 15 is 0 Å². The van der Waals surface area contributed by atoms with Crippen LogP contribution in [0.25, 0.3) is 0 Å². The summed E-state index contributed by atoms with van der Waals surface area (Å²) in [4.78, 5) is 29.1. The number of nitrogens with one attached hydrogen (secondary N) is 1. The Morgan fingerprint density at radius 1 is 1.26 bits per heavy atom. The predicted octanol–water partition coefficient (Wildman–Crippen LogP) is 2.71. The number of amides is 3. The Kier molecular flexibility index (Phi) is 5.19. The van der Waals surface area contributed by atoms with Crippen LogP contribution >= 0.6 is 0 Å². The Bertz CT molecular complexity index is 1070. The number of likely N-dealkylation sites (tertiary alicyclic amines) is 1. The summed E-state index contributed by atoms with van der Waals surface area (Å²) in [6, 6.07) is 14.5. The van der Waals surface area contributed by atoms with Gasteiger partial charge in [0.1, 0.15) is 0 Å². The van der Waals surface area contributed by atoms with Crippen LogP contribution in [0, 0.1) is 11.3 Å². The maximum atomic E-state index is 13.2. The third-order valence-electron chi connectivity index (χ3n) is 7.01. The molecule has 31 heavy (non-hydrogen) atoms. The summed E-state index contributed by atoms with van der Waals surface area (Å²) in [5.74, 6) is -0.440. The molecule has 1 aliphatic carbocycles. The Hall–Kier alpha value is -3.37. The SMILES string of the molecule is CN1CC[C@]2(C)c3cc(C(N)=O)ccc3C[C@H]1[C@@H]2N(C)C(=O)Nc1ccc(C#N)cc1. The first-order valence-corrected chi connectivity index (χ1v) is 10.4. The molecule has 2 aromatic rings. The van der Waals surface area contributed by atoms with Gasteiger partial charge in [0.25, 0.3) is 0 Å². The standard InChI is InChI=1S/C24H27N5O2/c1-24-10-11-28(2)20(13-16-6-7-17(22(26)30)12-19(16)24)21(24)29(3)23(31)27-18-8-4-15(14-25)5-9-18/h4-9,12,20-21H,10-11,13H2,1-3H3,(H2,26,30)(H,27,31)/t20-,21-,24+/m0/s1. The number of primary amides is 1. The second-order valence-electron chi connectivity index (χ2n) is 8.83. The molecule has 0 aromatic heterocycles. The first kappa shape index (κ1) is 20.9. The lowest BCUT2D eigenvalue weighted by molar-refractivity contribution is 0.0214. The Labute approximate surface area is 182 Å². The Balaban J connectivity index is 1.67. The van der Waals surface area contributed by atoms with Crippen molar-refractivity contribution in [3.05, 3.63) is 64.7 Å². The van der Waals surface area contributed by atoms with Gasteiger partial charge in [-0.3, -0.25) is 4.79 Å². The van der Waals surface area contributed by atoms with Crippen LogP contribution in [0.1, 0.15) is 40.4 Å². The highest BCUT2D eigenvalue weighted by atomic mass is 16.2. The normalized spacial score (nSPS) is 24.6. The number of benzene rings is 2. The number of nitriles is 1. The van der Waals surface area contributed by atoms with E-state index in [9.17, 15) is 9.59 Å². The van der Waals surface area contributed by atoms with Crippen LogP contribution in [0.15, 0.2) is 42.5 Å². The van der Waals surface area contributed by atoms with E-state index < -0.39 is 5.91 Å². The summed E-state index contributed by atoms with van der Waals surface area (Å²) in [5.41, 5.74) is 9.26. The van der Waals surface area contributed by atoms with Crippen molar-refractivity contribution in [3.8, 4) is 6.07 Å². The number of urea groups is 1. The molecule has 0 spiro atoms. The average molecular weight is 418 g/mol. The van der Waals surface area contributed by atoms with Crippen molar-refractivity contribution in [3.63, 3.8) is 0 Å². The first-order valence-electron chi connectivity index (χ1n) is 10.4. The molecule has 2 aliphatic rings. The number of anilines is 1. The molecule has 7 heteroatoms. The van der Waals surface area contributed by atoms with Crippen LogP contribution < -0.4 is 11.1 Å².